The minimum Gasteiger partial charge on any atom is -0.492 e. The third kappa shape index (κ3) is 4.49. The van der Waals surface area contributed by atoms with Crippen molar-refractivity contribution in [1.82, 2.24) is 9.55 Å². The Morgan fingerprint density at radius 1 is 1.03 bits per heavy atom. The Morgan fingerprint density at radius 3 is 2.50 bits per heavy atom. The van der Waals surface area contributed by atoms with Gasteiger partial charge in [0.05, 0.1) is 34.8 Å². The quantitative estimate of drug-likeness (QED) is 0.297. The van der Waals surface area contributed by atoms with Crippen LogP contribution in [0.25, 0.3) is 22.4 Å². The van der Waals surface area contributed by atoms with E-state index < -0.39 is 11.6 Å². The molecule has 4 nitrogen and oxygen atoms in total. The molecule has 1 fully saturated rings. The van der Waals surface area contributed by atoms with E-state index in [0.717, 1.165) is 24.5 Å². The molecular formula is C27H22ClF2N3O. The molecular weight excluding hydrogens is 456 g/mol. The fraction of sp³-hybridized carbons (Fsp3) is 0.259. The van der Waals surface area contributed by atoms with Crippen molar-refractivity contribution in [3.05, 3.63) is 82.4 Å². The van der Waals surface area contributed by atoms with Gasteiger partial charge in [0.2, 0.25) is 0 Å². The summed E-state index contributed by atoms with van der Waals surface area (Å²) in [4.78, 5) is 4.67. The third-order valence-electron chi connectivity index (χ3n) is 6.35. The second-order valence-corrected chi connectivity index (χ2v) is 9.12. The summed E-state index contributed by atoms with van der Waals surface area (Å²) in [6.07, 6.45) is 4.72. The van der Waals surface area contributed by atoms with Crippen LogP contribution in [0.5, 0.6) is 5.75 Å². The normalized spacial score (nSPS) is 13.9. The van der Waals surface area contributed by atoms with Gasteiger partial charge >= 0.3 is 0 Å². The molecule has 0 radical (unpaired) electrons. The van der Waals surface area contributed by atoms with Crippen molar-refractivity contribution >= 4 is 22.6 Å². The van der Waals surface area contributed by atoms with E-state index in [1.54, 1.807) is 24.3 Å². The van der Waals surface area contributed by atoms with Crippen molar-refractivity contribution in [1.29, 1.82) is 5.26 Å². The van der Waals surface area contributed by atoms with Crippen molar-refractivity contribution in [2.45, 2.75) is 32.2 Å². The average Bonchev–Trinajstić information content (AvgIpc) is 3.47. The molecule has 1 heterocycles. The number of nitriles is 1. The van der Waals surface area contributed by atoms with E-state index in [1.807, 2.05) is 22.8 Å². The SMILES string of the molecule is N#Cc1ccc(Cn2c(-c3ccc(Cl)cc3OCC3CCCC3)nc3cc(F)c(F)cc32)cc1. The minimum atomic E-state index is -0.948. The maximum Gasteiger partial charge on any atom is 0.161 e. The monoisotopic (exact) mass is 477 g/mol. The molecule has 0 saturated heterocycles. The van der Waals surface area contributed by atoms with Crippen LogP contribution in [0.3, 0.4) is 0 Å². The van der Waals surface area contributed by atoms with Crippen LogP contribution in [-0.4, -0.2) is 16.2 Å². The molecule has 1 aliphatic carbocycles. The Balaban J connectivity index is 1.61. The predicted octanol–water partition coefficient (Wildman–Crippen LogP) is 7.12. The zero-order chi connectivity index (χ0) is 23.7. The molecule has 4 aromatic rings. The van der Waals surface area contributed by atoms with Crippen molar-refractivity contribution in [3.8, 4) is 23.2 Å². The van der Waals surface area contributed by atoms with Crippen LogP contribution in [-0.2, 0) is 6.54 Å². The zero-order valence-electron chi connectivity index (χ0n) is 18.4. The highest BCUT2D eigenvalue weighted by Gasteiger charge is 2.21. The summed E-state index contributed by atoms with van der Waals surface area (Å²) < 4.78 is 36.3. The summed E-state index contributed by atoms with van der Waals surface area (Å²) in [5.41, 5.74) is 2.96. The molecule has 5 rings (SSSR count). The van der Waals surface area contributed by atoms with Gasteiger partial charge in [-0.05, 0) is 54.7 Å². The number of benzene rings is 3. The van der Waals surface area contributed by atoms with Crippen molar-refractivity contribution in [2.75, 3.05) is 6.61 Å². The van der Waals surface area contributed by atoms with Gasteiger partial charge < -0.3 is 9.30 Å². The van der Waals surface area contributed by atoms with Crippen LogP contribution in [0, 0.1) is 28.9 Å². The zero-order valence-corrected chi connectivity index (χ0v) is 19.2. The lowest BCUT2D eigenvalue weighted by Gasteiger charge is -2.16. The molecule has 0 spiro atoms. The number of fused-ring (bicyclic) bond motifs is 1. The second kappa shape index (κ2) is 9.44. The van der Waals surface area contributed by atoms with Crippen molar-refractivity contribution < 1.29 is 13.5 Å². The fourth-order valence-electron chi connectivity index (χ4n) is 4.54. The first-order valence-corrected chi connectivity index (χ1v) is 11.7. The topological polar surface area (TPSA) is 50.8 Å². The Hall–Kier alpha value is -3.43. The highest BCUT2D eigenvalue weighted by Crippen LogP contribution is 2.36. The van der Waals surface area contributed by atoms with Gasteiger partial charge in [-0.1, -0.05) is 36.6 Å². The Morgan fingerprint density at radius 2 is 1.76 bits per heavy atom. The lowest BCUT2D eigenvalue weighted by atomic mass is 10.1. The number of hydrogen-bond acceptors (Lipinski definition) is 3. The van der Waals surface area contributed by atoms with Gasteiger partial charge in [-0.25, -0.2) is 13.8 Å². The molecule has 172 valence electrons. The van der Waals surface area contributed by atoms with E-state index in [2.05, 4.69) is 11.1 Å². The predicted molar refractivity (Wildman–Crippen MR) is 128 cm³/mol. The van der Waals surface area contributed by atoms with Gasteiger partial charge in [-0.2, -0.15) is 5.26 Å². The van der Waals surface area contributed by atoms with Crippen molar-refractivity contribution in [2.24, 2.45) is 5.92 Å². The molecule has 7 heteroatoms. The van der Waals surface area contributed by atoms with Gasteiger partial charge in [0, 0.05) is 23.7 Å². The highest BCUT2D eigenvalue weighted by atomic mass is 35.5. The number of aromatic nitrogens is 2. The maximum atomic E-state index is 14.2. The van der Waals surface area contributed by atoms with E-state index >= 15 is 0 Å². The van der Waals surface area contributed by atoms with Crippen LogP contribution < -0.4 is 4.74 Å². The molecule has 0 aliphatic heterocycles. The summed E-state index contributed by atoms with van der Waals surface area (Å²) in [6, 6.07) is 16.9. The second-order valence-electron chi connectivity index (χ2n) is 8.69. The lowest BCUT2D eigenvalue weighted by Crippen LogP contribution is -2.09. The Labute approximate surface area is 201 Å². The Bertz CT molecular complexity index is 1390. The van der Waals surface area contributed by atoms with Crippen LogP contribution in [0.15, 0.2) is 54.6 Å². The summed E-state index contributed by atoms with van der Waals surface area (Å²) >= 11 is 6.29. The van der Waals surface area contributed by atoms with Crippen LogP contribution in [0.1, 0.15) is 36.8 Å². The van der Waals surface area contributed by atoms with Gasteiger partial charge in [0.1, 0.15) is 11.6 Å². The molecule has 1 aliphatic rings. The number of ether oxygens (including phenoxy) is 1. The molecule has 0 bridgehead atoms. The van der Waals surface area contributed by atoms with Gasteiger partial charge in [0.15, 0.2) is 11.6 Å². The highest BCUT2D eigenvalue weighted by molar-refractivity contribution is 6.30. The van der Waals surface area contributed by atoms with Crippen molar-refractivity contribution in [3.63, 3.8) is 0 Å². The lowest BCUT2D eigenvalue weighted by molar-refractivity contribution is 0.253. The minimum absolute atomic E-state index is 0.347. The van der Waals surface area contributed by atoms with E-state index in [9.17, 15) is 8.78 Å². The summed E-state index contributed by atoms with van der Waals surface area (Å²) in [6.45, 7) is 0.944. The van der Waals surface area contributed by atoms with Gasteiger partial charge in [0.25, 0.3) is 0 Å². The molecule has 0 amide bonds. The van der Waals surface area contributed by atoms with E-state index in [4.69, 9.17) is 21.6 Å². The summed E-state index contributed by atoms with van der Waals surface area (Å²) in [5, 5.41) is 9.63. The number of imidazole rings is 1. The Kier molecular flexibility index (Phi) is 6.21. The molecule has 3 aromatic carbocycles. The standard InChI is InChI=1S/C27H22ClF2N3O/c28-20-9-10-21(26(11-20)34-16-19-3-1-2-4-19)27-32-24-12-22(29)23(30)13-25(24)33(27)15-18-7-5-17(14-31)6-8-18/h5-13,19H,1-4,15-16H2. The number of halogens is 3. The van der Waals surface area contributed by atoms with Crippen LogP contribution in [0.4, 0.5) is 8.78 Å². The van der Waals surface area contributed by atoms with Gasteiger partial charge in [-0.15, -0.1) is 0 Å². The van der Waals surface area contributed by atoms with Crippen LogP contribution >= 0.6 is 11.6 Å². The first-order chi connectivity index (χ1) is 16.5. The molecule has 0 unspecified atom stereocenters. The number of nitrogens with zero attached hydrogens (tertiary/aromatic N) is 3. The molecule has 0 atom stereocenters. The maximum absolute atomic E-state index is 14.2. The number of rotatable bonds is 6. The van der Waals surface area contributed by atoms with Crippen LogP contribution in [0.2, 0.25) is 5.02 Å². The average molecular weight is 478 g/mol. The largest absolute Gasteiger partial charge is 0.492 e. The smallest absolute Gasteiger partial charge is 0.161 e. The first kappa shape index (κ1) is 22.4. The third-order valence-corrected chi connectivity index (χ3v) is 6.58. The van der Waals surface area contributed by atoms with E-state index in [0.29, 0.717) is 57.8 Å². The number of hydrogen-bond donors (Lipinski definition) is 0. The van der Waals surface area contributed by atoms with E-state index in [1.165, 1.54) is 18.9 Å². The summed E-state index contributed by atoms with van der Waals surface area (Å²) in [5.74, 6) is -0.253. The molecule has 34 heavy (non-hydrogen) atoms. The molecule has 1 saturated carbocycles. The first-order valence-electron chi connectivity index (χ1n) is 11.3. The van der Waals surface area contributed by atoms with E-state index in [-0.39, 0.29) is 0 Å². The van der Waals surface area contributed by atoms with Gasteiger partial charge in [-0.3, -0.25) is 0 Å². The fourth-order valence-corrected chi connectivity index (χ4v) is 4.70. The molecule has 1 aromatic heterocycles. The molecule has 0 N–H and O–H groups in total. The summed E-state index contributed by atoms with van der Waals surface area (Å²) in [7, 11) is 0.